The third-order valence-electron chi connectivity index (χ3n) is 3.81. The Morgan fingerprint density at radius 1 is 1.14 bits per heavy atom. The van der Waals surface area contributed by atoms with Gasteiger partial charge < -0.3 is 17.2 Å². The van der Waals surface area contributed by atoms with Crippen molar-refractivity contribution in [2.45, 2.75) is 38.1 Å². The van der Waals surface area contributed by atoms with E-state index in [2.05, 4.69) is 34.3 Å². The van der Waals surface area contributed by atoms with Gasteiger partial charge in [-0.1, -0.05) is 36.8 Å². The molecule has 0 saturated heterocycles. The summed E-state index contributed by atoms with van der Waals surface area (Å²) < 4.78 is 0. The summed E-state index contributed by atoms with van der Waals surface area (Å²) in [4.78, 5) is 8.31. The third kappa shape index (κ3) is 5.63. The van der Waals surface area contributed by atoms with Crippen LogP contribution < -0.4 is 17.2 Å². The van der Waals surface area contributed by atoms with Crippen molar-refractivity contribution in [3.8, 4) is 0 Å². The highest BCUT2D eigenvalue weighted by atomic mass is 35.5. The standard InChI is InChI=1S/C15H23N5.ClH/c16-14(17)20-15(18)19-13(12-7-4-8-12)10-9-11-5-2-1-3-6-11;/h1-3,5-6,12-13H,4,7-10H2,(H6,16,17,18,19,20);1H/t13-;/m1./s1. The summed E-state index contributed by atoms with van der Waals surface area (Å²) in [6, 6.07) is 10.6. The maximum absolute atomic E-state index is 5.76. The van der Waals surface area contributed by atoms with E-state index in [0.29, 0.717) is 5.92 Å². The lowest BCUT2D eigenvalue weighted by atomic mass is 9.78. The van der Waals surface area contributed by atoms with Crippen molar-refractivity contribution in [2.24, 2.45) is 33.1 Å². The van der Waals surface area contributed by atoms with Gasteiger partial charge in [-0.3, -0.25) is 0 Å². The number of halogens is 1. The molecule has 6 heteroatoms. The molecular weight excluding hydrogens is 286 g/mol. The molecule has 2 rings (SSSR count). The van der Waals surface area contributed by atoms with Crippen molar-refractivity contribution in [3.63, 3.8) is 0 Å². The smallest absolute Gasteiger partial charge is 0.218 e. The number of aliphatic imine (C=N–C) groups is 2. The lowest BCUT2D eigenvalue weighted by Gasteiger charge is -2.31. The van der Waals surface area contributed by atoms with Crippen molar-refractivity contribution >= 4 is 24.3 Å². The van der Waals surface area contributed by atoms with Crippen molar-refractivity contribution in [1.82, 2.24) is 0 Å². The van der Waals surface area contributed by atoms with Crippen LogP contribution in [0.5, 0.6) is 0 Å². The van der Waals surface area contributed by atoms with E-state index in [1.165, 1.54) is 24.8 Å². The summed E-state index contributed by atoms with van der Waals surface area (Å²) in [5, 5.41) is 0. The van der Waals surface area contributed by atoms with Gasteiger partial charge in [0.25, 0.3) is 0 Å². The number of hydrogen-bond acceptors (Lipinski definition) is 1. The van der Waals surface area contributed by atoms with Gasteiger partial charge in [0, 0.05) is 0 Å². The number of nitrogens with two attached hydrogens (primary N) is 3. The highest BCUT2D eigenvalue weighted by Crippen LogP contribution is 2.33. The number of aryl methyl sites for hydroxylation is 1. The summed E-state index contributed by atoms with van der Waals surface area (Å²) in [6.07, 6.45) is 5.70. The quantitative estimate of drug-likeness (QED) is 0.570. The van der Waals surface area contributed by atoms with Crippen LogP contribution in [-0.2, 0) is 6.42 Å². The molecule has 1 atom stereocenters. The van der Waals surface area contributed by atoms with Crippen LogP contribution in [0.4, 0.5) is 0 Å². The lowest BCUT2D eigenvalue weighted by molar-refractivity contribution is 0.254. The Labute approximate surface area is 132 Å². The first-order valence-electron chi connectivity index (χ1n) is 7.12. The minimum Gasteiger partial charge on any atom is -0.370 e. The Kier molecular flexibility index (Phi) is 7.02. The molecule has 1 aromatic carbocycles. The van der Waals surface area contributed by atoms with Crippen LogP contribution >= 0.6 is 12.4 Å². The van der Waals surface area contributed by atoms with E-state index in [-0.39, 0.29) is 30.4 Å². The Hall–Kier alpha value is -1.75. The summed E-state index contributed by atoms with van der Waals surface area (Å²) in [5.41, 5.74) is 17.7. The molecule has 5 nitrogen and oxygen atoms in total. The second-order valence-electron chi connectivity index (χ2n) is 5.31. The van der Waals surface area contributed by atoms with Crippen LogP contribution in [0.25, 0.3) is 0 Å². The van der Waals surface area contributed by atoms with Gasteiger partial charge >= 0.3 is 0 Å². The molecule has 0 spiro atoms. The Morgan fingerprint density at radius 2 is 1.81 bits per heavy atom. The monoisotopic (exact) mass is 309 g/mol. The zero-order valence-corrected chi connectivity index (χ0v) is 12.9. The van der Waals surface area contributed by atoms with Gasteiger partial charge in [0.1, 0.15) is 0 Å². The van der Waals surface area contributed by atoms with Gasteiger partial charge in [0.15, 0.2) is 5.96 Å². The summed E-state index contributed by atoms with van der Waals surface area (Å²) >= 11 is 0. The normalized spacial score (nSPS) is 16.5. The first kappa shape index (κ1) is 17.3. The maximum Gasteiger partial charge on any atom is 0.218 e. The summed E-state index contributed by atoms with van der Waals surface area (Å²) in [7, 11) is 0. The number of benzene rings is 1. The summed E-state index contributed by atoms with van der Waals surface area (Å²) in [6.45, 7) is 0. The van der Waals surface area contributed by atoms with Crippen LogP contribution in [0.2, 0.25) is 0 Å². The first-order chi connectivity index (χ1) is 9.65. The first-order valence-corrected chi connectivity index (χ1v) is 7.12. The predicted molar refractivity (Wildman–Crippen MR) is 90.6 cm³/mol. The second-order valence-corrected chi connectivity index (χ2v) is 5.31. The van der Waals surface area contributed by atoms with Crippen LogP contribution in [0, 0.1) is 5.92 Å². The minimum absolute atomic E-state index is 0. The molecule has 116 valence electrons. The highest BCUT2D eigenvalue weighted by molar-refractivity contribution is 5.92. The number of hydrogen-bond donors (Lipinski definition) is 3. The van der Waals surface area contributed by atoms with Crippen LogP contribution in [0.15, 0.2) is 40.3 Å². The summed E-state index contributed by atoms with van der Waals surface area (Å²) in [5.74, 6) is 0.767. The van der Waals surface area contributed by atoms with Crippen molar-refractivity contribution < 1.29 is 0 Å². The van der Waals surface area contributed by atoms with Gasteiger partial charge in [0.05, 0.1) is 6.04 Å². The zero-order chi connectivity index (χ0) is 14.4. The van der Waals surface area contributed by atoms with Crippen LogP contribution in [0.3, 0.4) is 0 Å². The molecule has 6 N–H and O–H groups in total. The van der Waals surface area contributed by atoms with Gasteiger partial charge in [-0.2, -0.15) is 4.99 Å². The molecule has 1 aliphatic rings. The van der Waals surface area contributed by atoms with Crippen molar-refractivity contribution in [2.75, 3.05) is 0 Å². The van der Waals surface area contributed by atoms with E-state index in [1.54, 1.807) is 0 Å². The van der Waals surface area contributed by atoms with Gasteiger partial charge in [-0.25, -0.2) is 4.99 Å². The Morgan fingerprint density at radius 3 is 2.33 bits per heavy atom. The van der Waals surface area contributed by atoms with E-state index >= 15 is 0 Å². The van der Waals surface area contributed by atoms with Gasteiger partial charge in [0.2, 0.25) is 5.96 Å². The molecule has 1 saturated carbocycles. The van der Waals surface area contributed by atoms with Crippen molar-refractivity contribution in [3.05, 3.63) is 35.9 Å². The number of guanidine groups is 2. The van der Waals surface area contributed by atoms with E-state index < -0.39 is 0 Å². The van der Waals surface area contributed by atoms with Gasteiger partial charge in [-0.05, 0) is 37.2 Å². The van der Waals surface area contributed by atoms with E-state index in [4.69, 9.17) is 17.2 Å². The van der Waals surface area contributed by atoms with Crippen LogP contribution in [0.1, 0.15) is 31.2 Å². The van der Waals surface area contributed by atoms with Crippen molar-refractivity contribution in [1.29, 1.82) is 0 Å². The second kappa shape index (κ2) is 8.52. The molecule has 1 aromatic rings. The molecule has 0 unspecified atom stereocenters. The molecule has 0 aromatic heterocycles. The lowest BCUT2D eigenvalue weighted by Crippen LogP contribution is -2.30. The Balaban J connectivity index is 0.00000220. The molecular formula is C15H24ClN5. The molecule has 0 radical (unpaired) electrons. The Bertz CT molecular complexity index is 478. The average molecular weight is 310 g/mol. The molecule has 21 heavy (non-hydrogen) atoms. The van der Waals surface area contributed by atoms with E-state index in [1.807, 2.05) is 6.07 Å². The fourth-order valence-electron chi connectivity index (χ4n) is 2.52. The fourth-order valence-corrected chi connectivity index (χ4v) is 2.52. The number of nitrogens with zero attached hydrogens (tertiary/aromatic N) is 2. The minimum atomic E-state index is -0.0401. The zero-order valence-electron chi connectivity index (χ0n) is 12.1. The molecule has 0 bridgehead atoms. The SMILES string of the molecule is Cl.NC(N)=NC(N)=N[C@H](CCc1ccccc1)C1CCC1. The third-order valence-corrected chi connectivity index (χ3v) is 3.81. The molecule has 0 aliphatic heterocycles. The predicted octanol–water partition coefficient (Wildman–Crippen LogP) is 1.80. The fraction of sp³-hybridized carbons (Fsp3) is 0.467. The van der Waals surface area contributed by atoms with Gasteiger partial charge in [-0.15, -0.1) is 12.4 Å². The molecule has 1 fully saturated rings. The van der Waals surface area contributed by atoms with E-state index in [0.717, 1.165) is 12.8 Å². The highest BCUT2D eigenvalue weighted by Gasteiger charge is 2.26. The maximum atomic E-state index is 5.76. The topological polar surface area (TPSA) is 103 Å². The van der Waals surface area contributed by atoms with E-state index in [9.17, 15) is 0 Å². The molecule has 0 heterocycles. The largest absolute Gasteiger partial charge is 0.370 e. The molecule has 1 aliphatic carbocycles. The molecule has 0 amide bonds. The van der Waals surface area contributed by atoms with Crippen LogP contribution in [-0.4, -0.2) is 18.0 Å². The number of rotatable bonds is 5. The average Bonchev–Trinajstić information content (AvgIpc) is 2.34.